The van der Waals surface area contributed by atoms with E-state index in [1.165, 1.54) is 30.9 Å². The molecular weight excluding hydrogens is 403 g/mol. The third-order valence-electron chi connectivity index (χ3n) is 2.93. The van der Waals surface area contributed by atoms with Gasteiger partial charge < -0.3 is 5.32 Å². The monoisotopic (exact) mass is 412 g/mol. The van der Waals surface area contributed by atoms with Gasteiger partial charge in [0.05, 0.1) is 4.92 Å². The first-order valence-electron chi connectivity index (χ1n) is 6.98. The first-order chi connectivity index (χ1) is 12.3. The Morgan fingerprint density at radius 2 is 1.50 bits per heavy atom. The first-order valence-corrected chi connectivity index (χ1v) is 8.11. The van der Waals surface area contributed by atoms with Gasteiger partial charge in [-0.05, 0) is 12.5 Å². The molecule has 3 rings (SSSR count). The number of aromatic nitrogens is 4. The number of nitro groups is 1. The van der Waals surface area contributed by atoms with Gasteiger partial charge in [-0.2, -0.15) is 0 Å². The van der Waals surface area contributed by atoms with Crippen LogP contribution in [-0.2, 0) is 0 Å². The van der Waals surface area contributed by atoms with E-state index >= 15 is 0 Å². The van der Waals surface area contributed by atoms with Crippen LogP contribution in [0.5, 0.6) is 0 Å². The molecule has 2 aromatic heterocycles. The van der Waals surface area contributed by atoms with E-state index < -0.39 is 4.92 Å². The second-order valence-corrected chi connectivity index (χ2v) is 5.93. The lowest BCUT2D eigenvalue weighted by atomic mass is 10.2. The summed E-state index contributed by atoms with van der Waals surface area (Å²) in [6, 6.07) is 7.59. The van der Waals surface area contributed by atoms with Crippen molar-refractivity contribution < 1.29 is 4.92 Å². The standard InChI is InChI=1S/C11H9ClN4O2.C4H2Cl2N2/c1-7-2-3-8(16(17)18)4-9(7)15-11-5-10(12)13-6-14-11;5-3-1-4(6)8-2-7-3/h2-6H,1H3,(H,13,14,15);1-2H. The maximum absolute atomic E-state index is 10.7. The molecular formula is C15H11Cl3N6O2. The lowest BCUT2D eigenvalue weighted by Crippen LogP contribution is -1.97. The minimum Gasteiger partial charge on any atom is -0.340 e. The van der Waals surface area contributed by atoms with Crippen LogP contribution >= 0.6 is 34.8 Å². The van der Waals surface area contributed by atoms with Crippen molar-refractivity contribution in [3.63, 3.8) is 0 Å². The average Bonchev–Trinajstić information content (AvgIpc) is 2.57. The van der Waals surface area contributed by atoms with Crippen LogP contribution in [0.1, 0.15) is 5.56 Å². The van der Waals surface area contributed by atoms with E-state index in [0.29, 0.717) is 27.0 Å². The zero-order chi connectivity index (χ0) is 19.1. The number of non-ortho nitro benzene ring substituents is 1. The van der Waals surface area contributed by atoms with Crippen LogP contribution < -0.4 is 5.32 Å². The highest BCUT2D eigenvalue weighted by atomic mass is 35.5. The number of nitrogens with one attached hydrogen (secondary N) is 1. The van der Waals surface area contributed by atoms with Crippen molar-refractivity contribution in [1.82, 2.24) is 19.9 Å². The van der Waals surface area contributed by atoms with Crippen molar-refractivity contribution in [2.24, 2.45) is 0 Å². The van der Waals surface area contributed by atoms with Crippen molar-refractivity contribution in [2.45, 2.75) is 6.92 Å². The molecule has 0 aliphatic heterocycles. The maximum Gasteiger partial charge on any atom is 0.271 e. The van der Waals surface area contributed by atoms with Gasteiger partial charge in [-0.15, -0.1) is 0 Å². The second kappa shape index (κ2) is 9.23. The molecule has 0 saturated carbocycles. The van der Waals surface area contributed by atoms with Crippen molar-refractivity contribution >= 4 is 52.0 Å². The maximum atomic E-state index is 10.7. The summed E-state index contributed by atoms with van der Waals surface area (Å²) in [5.41, 5.74) is 1.50. The summed E-state index contributed by atoms with van der Waals surface area (Å²) in [5, 5.41) is 14.7. The molecule has 3 aromatic rings. The van der Waals surface area contributed by atoms with Crippen LogP contribution in [0.4, 0.5) is 17.2 Å². The van der Waals surface area contributed by atoms with Gasteiger partial charge in [-0.3, -0.25) is 10.1 Å². The van der Waals surface area contributed by atoms with Crippen molar-refractivity contribution in [1.29, 1.82) is 0 Å². The van der Waals surface area contributed by atoms with Gasteiger partial charge in [0.25, 0.3) is 5.69 Å². The molecule has 0 saturated heterocycles. The number of nitro benzene ring substituents is 1. The zero-order valence-corrected chi connectivity index (χ0v) is 15.5. The van der Waals surface area contributed by atoms with E-state index in [0.717, 1.165) is 5.56 Å². The van der Waals surface area contributed by atoms with Crippen LogP contribution in [-0.4, -0.2) is 24.9 Å². The highest BCUT2D eigenvalue weighted by molar-refractivity contribution is 6.33. The molecule has 1 aromatic carbocycles. The van der Waals surface area contributed by atoms with Crippen LogP contribution in [0.15, 0.2) is 43.0 Å². The van der Waals surface area contributed by atoms with Crippen LogP contribution in [0.3, 0.4) is 0 Å². The summed E-state index contributed by atoms with van der Waals surface area (Å²) >= 11 is 16.6. The predicted molar refractivity (Wildman–Crippen MR) is 100 cm³/mol. The Balaban J connectivity index is 0.000000254. The van der Waals surface area contributed by atoms with Gasteiger partial charge in [-0.1, -0.05) is 40.9 Å². The van der Waals surface area contributed by atoms with Gasteiger partial charge >= 0.3 is 0 Å². The lowest BCUT2D eigenvalue weighted by molar-refractivity contribution is -0.384. The van der Waals surface area contributed by atoms with E-state index in [4.69, 9.17) is 34.8 Å². The fourth-order valence-corrected chi connectivity index (χ4v) is 2.21. The fraction of sp³-hybridized carbons (Fsp3) is 0.0667. The Kier molecular flexibility index (Phi) is 7.02. The highest BCUT2D eigenvalue weighted by Gasteiger charge is 2.09. The summed E-state index contributed by atoms with van der Waals surface area (Å²) in [6.07, 6.45) is 2.63. The quantitative estimate of drug-likeness (QED) is 0.370. The molecule has 2 heterocycles. The smallest absolute Gasteiger partial charge is 0.271 e. The van der Waals surface area contributed by atoms with Gasteiger partial charge in [0, 0.05) is 30.0 Å². The molecule has 0 spiro atoms. The zero-order valence-electron chi connectivity index (χ0n) is 13.2. The van der Waals surface area contributed by atoms with Crippen molar-refractivity contribution in [3.8, 4) is 0 Å². The van der Waals surface area contributed by atoms with Gasteiger partial charge in [0.1, 0.15) is 33.9 Å². The molecule has 0 fully saturated rings. The number of benzene rings is 1. The molecule has 0 bridgehead atoms. The van der Waals surface area contributed by atoms with E-state index in [-0.39, 0.29) is 5.69 Å². The number of hydrogen-bond acceptors (Lipinski definition) is 7. The molecule has 0 atom stereocenters. The third kappa shape index (κ3) is 6.07. The number of nitrogens with zero attached hydrogens (tertiary/aromatic N) is 5. The Hall–Kier alpha value is -2.55. The average molecular weight is 414 g/mol. The summed E-state index contributed by atoms with van der Waals surface area (Å²) in [4.78, 5) is 25.2. The van der Waals surface area contributed by atoms with Crippen LogP contribution in [0.25, 0.3) is 0 Å². The molecule has 0 aliphatic carbocycles. The number of aryl methyl sites for hydroxylation is 1. The highest BCUT2D eigenvalue weighted by Crippen LogP contribution is 2.24. The number of anilines is 2. The lowest BCUT2D eigenvalue weighted by Gasteiger charge is -2.08. The van der Waals surface area contributed by atoms with E-state index in [2.05, 4.69) is 25.3 Å². The largest absolute Gasteiger partial charge is 0.340 e. The third-order valence-corrected chi connectivity index (χ3v) is 3.55. The Morgan fingerprint density at radius 3 is 2.00 bits per heavy atom. The number of halogens is 3. The Labute approximate surface area is 163 Å². The molecule has 134 valence electrons. The molecule has 11 heteroatoms. The molecule has 1 N–H and O–H groups in total. The van der Waals surface area contributed by atoms with Gasteiger partial charge in [0.2, 0.25) is 0 Å². The molecule has 0 aliphatic rings. The molecule has 26 heavy (non-hydrogen) atoms. The van der Waals surface area contributed by atoms with E-state index in [1.807, 2.05) is 6.92 Å². The van der Waals surface area contributed by atoms with Gasteiger partial charge in [0.15, 0.2) is 0 Å². The molecule has 0 amide bonds. The molecule has 0 radical (unpaired) electrons. The minimum atomic E-state index is -0.447. The topological polar surface area (TPSA) is 107 Å². The predicted octanol–water partition coefficient (Wildman–Crippen LogP) is 4.87. The van der Waals surface area contributed by atoms with Crippen molar-refractivity contribution in [3.05, 3.63) is 74.1 Å². The van der Waals surface area contributed by atoms with E-state index in [1.54, 1.807) is 12.1 Å². The Morgan fingerprint density at radius 1 is 0.923 bits per heavy atom. The summed E-state index contributed by atoms with van der Waals surface area (Å²) in [5.74, 6) is 0.485. The van der Waals surface area contributed by atoms with Gasteiger partial charge in [-0.25, -0.2) is 19.9 Å². The van der Waals surface area contributed by atoms with Crippen LogP contribution in [0, 0.1) is 17.0 Å². The summed E-state index contributed by atoms with van der Waals surface area (Å²) < 4.78 is 0. The second-order valence-electron chi connectivity index (χ2n) is 4.77. The fourth-order valence-electron chi connectivity index (χ4n) is 1.71. The van der Waals surface area contributed by atoms with Crippen LogP contribution in [0.2, 0.25) is 15.5 Å². The molecule has 0 unspecified atom stereocenters. The first kappa shape index (κ1) is 19.8. The van der Waals surface area contributed by atoms with E-state index in [9.17, 15) is 10.1 Å². The normalized spacial score (nSPS) is 9.85. The molecule has 8 nitrogen and oxygen atoms in total. The van der Waals surface area contributed by atoms with Crippen molar-refractivity contribution in [2.75, 3.05) is 5.32 Å². The Bertz CT molecular complexity index is 908. The summed E-state index contributed by atoms with van der Waals surface area (Å²) in [6.45, 7) is 1.84. The minimum absolute atomic E-state index is 0.0169. The number of hydrogen-bond donors (Lipinski definition) is 1. The SMILES string of the molecule is Cc1ccc([N+](=O)[O-])cc1Nc1cc(Cl)ncn1.Clc1cc(Cl)ncn1. The summed E-state index contributed by atoms with van der Waals surface area (Å²) in [7, 11) is 0. The number of rotatable bonds is 3.